The minimum Gasteiger partial charge on any atom is -0.465 e. The number of esters is 1. The van der Waals surface area contributed by atoms with Gasteiger partial charge in [0.05, 0.1) is 5.41 Å². The van der Waals surface area contributed by atoms with Crippen molar-refractivity contribution in [2.45, 2.75) is 106 Å². The summed E-state index contributed by atoms with van der Waals surface area (Å²) in [5.74, 6) is 2.54. The van der Waals surface area contributed by atoms with Gasteiger partial charge in [-0.2, -0.15) is 0 Å². The molecule has 0 radical (unpaired) electrons. The minimum absolute atomic E-state index is 0.0813. The average Bonchev–Trinajstić information content (AvgIpc) is 3.21. The zero-order valence-corrected chi connectivity index (χ0v) is 23.8. The van der Waals surface area contributed by atoms with E-state index in [1.807, 2.05) is 0 Å². The Morgan fingerprint density at radius 3 is 2.31 bits per heavy atom. The van der Waals surface area contributed by atoms with Crippen LogP contribution < -0.4 is 0 Å². The van der Waals surface area contributed by atoms with Crippen LogP contribution in [0.15, 0.2) is 12.2 Å². The lowest BCUT2D eigenvalue weighted by molar-refractivity contribution is -0.240. The largest absolute Gasteiger partial charge is 0.465 e. The number of allylic oxidation sites excluding steroid dienone is 1. The van der Waals surface area contributed by atoms with E-state index in [-0.39, 0.29) is 45.9 Å². The van der Waals surface area contributed by atoms with Gasteiger partial charge >= 0.3 is 5.97 Å². The number of carbonyl (C=O) groups excluding carboxylic acids is 2. The van der Waals surface area contributed by atoms with Gasteiger partial charge in [0.15, 0.2) is 0 Å². The van der Waals surface area contributed by atoms with E-state index in [9.17, 15) is 14.7 Å². The summed E-state index contributed by atoms with van der Waals surface area (Å²) in [6.45, 7) is 18.4. The first-order valence-corrected chi connectivity index (χ1v) is 14.7. The first-order chi connectivity index (χ1) is 16.8. The molecule has 5 rings (SSSR count). The number of rotatable bonds is 4. The monoisotopic (exact) mass is 498 g/mol. The molecule has 0 aromatic rings. The van der Waals surface area contributed by atoms with Crippen LogP contribution in [0.5, 0.6) is 0 Å². The molecule has 0 aromatic heterocycles. The SMILES string of the molecule is C=C(C)[C@@H]1CC[C@]2(CO)CC[C@]3(C)[C@H](CC[C@@H]4[C@@]5(C)CCC(=O)[C@@](C)(COC(C)=O)[C@@H]5CC[C@]43C)[C@@H]12. The Balaban J connectivity index is 1.52. The molecule has 36 heavy (non-hydrogen) atoms. The van der Waals surface area contributed by atoms with Gasteiger partial charge in [-0.3, -0.25) is 9.59 Å². The topological polar surface area (TPSA) is 63.6 Å². The standard InChI is InChI=1S/C32H50O4/c1-20(2)22-10-15-32(18-33)17-16-30(6)23(27(22)32)8-9-25-28(4)13-12-26(35)29(5,19-36-21(3)34)24(28)11-14-31(25,30)7/h22-25,27,33H,1,8-19H2,2-7H3/t22-,23+,24+,25+,27+,28-,29-,30+,31+,32+/m0/s1. The van der Waals surface area contributed by atoms with Crippen LogP contribution in [0, 0.1) is 56.7 Å². The first-order valence-electron chi connectivity index (χ1n) is 14.7. The van der Waals surface area contributed by atoms with Crippen molar-refractivity contribution in [3.05, 3.63) is 12.2 Å². The molecule has 4 heteroatoms. The van der Waals surface area contributed by atoms with E-state index in [4.69, 9.17) is 4.74 Å². The van der Waals surface area contributed by atoms with Crippen LogP contribution in [0.2, 0.25) is 0 Å². The van der Waals surface area contributed by atoms with Gasteiger partial charge in [0.1, 0.15) is 12.4 Å². The normalized spacial score (nSPS) is 52.0. The van der Waals surface area contributed by atoms with E-state index in [0.29, 0.717) is 36.7 Å². The summed E-state index contributed by atoms with van der Waals surface area (Å²) in [5, 5.41) is 10.7. The lowest BCUT2D eigenvalue weighted by Crippen LogP contribution is -2.67. The van der Waals surface area contributed by atoms with Crippen molar-refractivity contribution in [2.75, 3.05) is 13.2 Å². The molecule has 5 aliphatic carbocycles. The van der Waals surface area contributed by atoms with Crippen molar-refractivity contribution in [3.63, 3.8) is 0 Å². The highest BCUT2D eigenvalue weighted by molar-refractivity contribution is 5.86. The first kappa shape index (κ1) is 26.4. The maximum atomic E-state index is 13.3. The average molecular weight is 499 g/mol. The molecule has 0 unspecified atom stereocenters. The molecule has 0 aromatic carbocycles. The predicted octanol–water partition coefficient (Wildman–Crippen LogP) is 6.75. The van der Waals surface area contributed by atoms with Crippen molar-refractivity contribution < 1.29 is 19.4 Å². The Labute approximate surface area is 219 Å². The number of hydrogen-bond donors (Lipinski definition) is 1. The summed E-state index contributed by atoms with van der Waals surface area (Å²) >= 11 is 0. The van der Waals surface area contributed by atoms with Crippen LogP contribution in [-0.2, 0) is 14.3 Å². The summed E-state index contributed by atoms with van der Waals surface area (Å²) in [6, 6.07) is 0. The second-order valence-electron chi connectivity index (χ2n) is 14.8. The fraction of sp³-hybridized carbons (Fsp3) is 0.875. The van der Waals surface area contributed by atoms with Crippen LogP contribution in [0.1, 0.15) is 106 Å². The van der Waals surface area contributed by atoms with Gasteiger partial charge in [0, 0.05) is 20.0 Å². The molecule has 1 N–H and O–H groups in total. The molecule has 5 fully saturated rings. The Hall–Kier alpha value is -1.16. The zero-order chi connectivity index (χ0) is 26.3. The molecule has 5 aliphatic rings. The van der Waals surface area contributed by atoms with E-state index in [1.165, 1.54) is 38.2 Å². The summed E-state index contributed by atoms with van der Waals surface area (Å²) in [5.41, 5.74) is 1.35. The lowest BCUT2D eigenvalue weighted by atomic mass is 9.32. The highest BCUT2D eigenvalue weighted by Gasteiger charge is 2.71. The number of carbonyl (C=O) groups is 2. The highest BCUT2D eigenvalue weighted by atomic mass is 16.5. The van der Waals surface area contributed by atoms with Gasteiger partial charge in [0.25, 0.3) is 0 Å². The second-order valence-corrected chi connectivity index (χ2v) is 14.8. The molecule has 0 spiro atoms. The zero-order valence-electron chi connectivity index (χ0n) is 23.8. The molecule has 0 heterocycles. The Bertz CT molecular complexity index is 956. The van der Waals surface area contributed by atoms with Gasteiger partial charge in [-0.05, 0) is 123 Å². The smallest absolute Gasteiger partial charge is 0.302 e. The summed E-state index contributed by atoms with van der Waals surface area (Å²) in [4.78, 5) is 25.0. The number of aliphatic hydroxyl groups excluding tert-OH is 1. The van der Waals surface area contributed by atoms with Gasteiger partial charge < -0.3 is 9.84 Å². The van der Waals surface area contributed by atoms with Crippen LogP contribution in [0.3, 0.4) is 0 Å². The number of Topliss-reactive ketones (excluding diaryl/α,β-unsaturated/α-hetero) is 1. The molecule has 0 bridgehead atoms. The fourth-order valence-electron chi connectivity index (χ4n) is 11.6. The summed E-state index contributed by atoms with van der Waals surface area (Å²) in [7, 11) is 0. The van der Waals surface area contributed by atoms with Crippen LogP contribution >= 0.6 is 0 Å². The summed E-state index contributed by atoms with van der Waals surface area (Å²) in [6.07, 6.45) is 10.9. The Kier molecular flexibility index (Phi) is 6.18. The molecule has 0 aliphatic heterocycles. The third-order valence-electron chi connectivity index (χ3n) is 13.7. The molecule has 202 valence electrons. The molecular formula is C32H50O4. The second kappa shape index (κ2) is 8.42. The van der Waals surface area contributed by atoms with Crippen molar-refractivity contribution >= 4 is 11.8 Å². The number of fused-ring (bicyclic) bond motifs is 7. The Morgan fingerprint density at radius 2 is 1.67 bits per heavy atom. The quantitative estimate of drug-likeness (QED) is 0.344. The molecule has 0 amide bonds. The number of hydrogen-bond acceptors (Lipinski definition) is 4. The number of ether oxygens (including phenoxy) is 1. The number of ketones is 1. The summed E-state index contributed by atoms with van der Waals surface area (Å²) < 4.78 is 5.53. The molecule has 10 atom stereocenters. The Morgan fingerprint density at radius 1 is 0.944 bits per heavy atom. The van der Waals surface area contributed by atoms with Crippen LogP contribution in [-0.4, -0.2) is 30.1 Å². The third kappa shape index (κ3) is 3.27. The van der Waals surface area contributed by atoms with Crippen molar-refractivity contribution in [2.24, 2.45) is 56.7 Å². The van der Waals surface area contributed by atoms with E-state index < -0.39 is 5.41 Å². The van der Waals surface area contributed by atoms with E-state index in [1.54, 1.807) is 0 Å². The maximum absolute atomic E-state index is 13.3. The third-order valence-corrected chi connectivity index (χ3v) is 13.7. The van der Waals surface area contributed by atoms with Gasteiger partial charge in [0.2, 0.25) is 0 Å². The van der Waals surface area contributed by atoms with Crippen molar-refractivity contribution in [3.8, 4) is 0 Å². The van der Waals surface area contributed by atoms with E-state index in [0.717, 1.165) is 32.1 Å². The highest BCUT2D eigenvalue weighted by Crippen LogP contribution is 2.77. The minimum atomic E-state index is -0.577. The van der Waals surface area contributed by atoms with Crippen molar-refractivity contribution in [1.29, 1.82) is 0 Å². The molecule has 5 saturated carbocycles. The van der Waals surface area contributed by atoms with Crippen LogP contribution in [0.4, 0.5) is 0 Å². The maximum Gasteiger partial charge on any atom is 0.302 e. The van der Waals surface area contributed by atoms with Gasteiger partial charge in [-0.1, -0.05) is 32.9 Å². The molecule has 0 saturated heterocycles. The molecule has 4 nitrogen and oxygen atoms in total. The van der Waals surface area contributed by atoms with E-state index >= 15 is 0 Å². The van der Waals surface area contributed by atoms with Crippen molar-refractivity contribution in [1.82, 2.24) is 0 Å². The number of aliphatic hydroxyl groups is 1. The van der Waals surface area contributed by atoms with Gasteiger partial charge in [-0.25, -0.2) is 0 Å². The fourth-order valence-corrected chi connectivity index (χ4v) is 11.6. The van der Waals surface area contributed by atoms with E-state index in [2.05, 4.69) is 41.2 Å². The predicted molar refractivity (Wildman–Crippen MR) is 142 cm³/mol. The molecular weight excluding hydrogens is 448 g/mol. The van der Waals surface area contributed by atoms with Gasteiger partial charge in [-0.15, -0.1) is 0 Å². The van der Waals surface area contributed by atoms with Crippen LogP contribution in [0.25, 0.3) is 0 Å². The lowest BCUT2D eigenvalue weighted by Gasteiger charge is -2.72.